The van der Waals surface area contributed by atoms with Crippen molar-refractivity contribution in [3.05, 3.63) is 80.7 Å². The molecule has 0 atom stereocenters. The van der Waals surface area contributed by atoms with Gasteiger partial charge in [0.2, 0.25) is 0 Å². The van der Waals surface area contributed by atoms with E-state index in [9.17, 15) is 4.79 Å². The second kappa shape index (κ2) is 7.29. The van der Waals surface area contributed by atoms with Gasteiger partial charge in [0.15, 0.2) is 6.73 Å². The van der Waals surface area contributed by atoms with Crippen LogP contribution in [0.4, 0.5) is 5.69 Å². The summed E-state index contributed by atoms with van der Waals surface area (Å²) in [6, 6.07) is 16.8. The van der Waals surface area contributed by atoms with Crippen molar-refractivity contribution in [1.29, 1.82) is 0 Å². The summed E-state index contributed by atoms with van der Waals surface area (Å²) >= 11 is 6.58. The Morgan fingerprint density at radius 3 is 2.58 bits per heavy atom. The van der Waals surface area contributed by atoms with Crippen molar-refractivity contribution in [2.75, 3.05) is 11.6 Å². The van der Waals surface area contributed by atoms with Crippen LogP contribution in [-0.4, -0.2) is 11.3 Å². The van der Waals surface area contributed by atoms with Crippen LogP contribution in [-0.2, 0) is 13.1 Å². The van der Waals surface area contributed by atoms with Crippen LogP contribution in [0.5, 0.6) is 5.75 Å². The van der Waals surface area contributed by atoms with E-state index in [1.807, 2.05) is 13.0 Å². The largest absolute Gasteiger partial charge is 0.471 e. The Hall–Kier alpha value is -3.44. The maximum atomic E-state index is 12.4. The fourth-order valence-electron chi connectivity index (χ4n) is 5.01. The predicted molar refractivity (Wildman–Crippen MR) is 134 cm³/mol. The summed E-state index contributed by atoms with van der Waals surface area (Å²) in [5, 5.41) is 3.84. The van der Waals surface area contributed by atoms with Crippen molar-refractivity contribution in [1.82, 2.24) is 4.57 Å². The zero-order chi connectivity index (χ0) is 22.9. The summed E-state index contributed by atoms with van der Waals surface area (Å²) in [6.07, 6.45) is 0. The number of anilines is 1. The Morgan fingerprint density at radius 2 is 1.76 bits per heavy atom. The van der Waals surface area contributed by atoms with Gasteiger partial charge < -0.3 is 18.6 Å². The van der Waals surface area contributed by atoms with E-state index in [1.165, 1.54) is 21.8 Å². The highest BCUT2D eigenvalue weighted by Crippen LogP contribution is 2.41. The summed E-state index contributed by atoms with van der Waals surface area (Å²) in [4.78, 5) is 14.6. The van der Waals surface area contributed by atoms with Crippen LogP contribution in [0.1, 0.15) is 23.6 Å². The maximum absolute atomic E-state index is 12.4. The first-order valence-corrected chi connectivity index (χ1v) is 11.5. The van der Waals surface area contributed by atoms with E-state index in [1.54, 1.807) is 6.92 Å². The van der Waals surface area contributed by atoms with Gasteiger partial charge in [-0.25, -0.2) is 4.79 Å². The Kier molecular flexibility index (Phi) is 4.46. The highest BCUT2D eigenvalue weighted by molar-refractivity contribution is 6.33. The zero-order valence-electron chi connectivity index (χ0n) is 18.7. The molecule has 1 aliphatic rings. The van der Waals surface area contributed by atoms with E-state index in [0.717, 1.165) is 28.7 Å². The van der Waals surface area contributed by atoms with E-state index in [0.29, 0.717) is 35.2 Å². The molecule has 0 bridgehead atoms. The number of benzene rings is 3. The predicted octanol–water partition coefficient (Wildman–Crippen LogP) is 6.55. The molecule has 0 amide bonds. The number of fused-ring (bicyclic) bond motifs is 6. The fraction of sp³-hybridized carbons (Fsp3) is 0.222. The molecule has 0 spiro atoms. The van der Waals surface area contributed by atoms with Crippen molar-refractivity contribution in [3.63, 3.8) is 0 Å². The second-order valence-electron chi connectivity index (χ2n) is 8.62. The molecule has 0 fully saturated rings. The first-order valence-electron chi connectivity index (χ1n) is 11.1. The van der Waals surface area contributed by atoms with Gasteiger partial charge in [-0.2, -0.15) is 0 Å². The molecule has 2 aromatic heterocycles. The average Bonchev–Trinajstić information content (AvgIpc) is 3.16. The third-order valence-corrected chi connectivity index (χ3v) is 7.18. The van der Waals surface area contributed by atoms with Gasteiger partial charge in [0, 0.05) is 45.0 Å². The molecule has 0 unspecified atom stereocenters. The minimum Gasteiger partial charge on any atom is -0.471 e. The van der Waals surface area contributed by atoms with E-state index in [2.05, 4.69) is 58.9 Å². The van der Waals surface area contributed by atoms with E-state index < -0.39 is 0 Å². The first-order chi connectivity index (χ1) is 16.0. The van der Waals surface area contributed by atoms with Crippen LogP contribution >= 0.6 is 11.6 Å². The molecule has 5 aromatic rings. The van der Waals surface area contributed by atoms with E-state index in [4.69, 9.17) is 20.8 Å². The molecule has 3 aromatic carbocycles. The van der Waals surface area contributed by atoms with Crippen molar-refractivity contribution in [2.24, 2.45) is 0 Å². The lowest BCUT2D eigenvalue weighted by Gasteiger charge is -2.31. The molecule has 0 saturated heterocycles. The third-order valence-electron chi connectivity index (χ3n) is 6.90. The number of hydrogen-bond acceptors (Lipinski definition) is 4. The topological polar surface area (TPSA) is 47.6 Å². The van der Waals surface area contributed by atoms with Crippen molar-refractivity contribution < 1.29 is 9.15 Å². The molecule has 6 rings (SSSR count). The Bertz CT molecular complexity index is 1650. The summed E-state index contributed by atoms with van der Waals surface area (Å²) in [6.45, 7) is 7.68. The van der Waals surface area contributed by atoms with Crippen LogP contribution < -0.4 is 15.3 Å². The van der Waals surface area contributed by atoms with Crippen LogP contribution in [0.25, 0.3) is 32.8 Å². The molecule has 0 saturated carbocycles. The molecule has 33 heavy (non-hydrogen) atoms. The molecule has 0 aliphatic carbocycles. The van der Waals surface area contributed by atoms with Gasteiger partial charge in [0.05, 0.1) is 17.1 Å². The minimum atomic E-state index is -0.324. The molecule has 6 heteroatoms. The van der Waals surface area contributed by atoms with Gasteiger partial charge in [0.1, 0.15) is 11.3 Å². The highest BCUT2D eigenvalue weighted by Gasteiger charge is 2.26. The number of ether oxygens (including phenoxy) is 1. The lowest BCUT2D eigenvalue weighted by atomic mass is 10.0. The fourth-order valence-corrected chi connectivity index (χ4v) is 5.29. The normalized spacial score (nSPS) is 13.6. The van der Waals surface area contributed by atoms with E-state index >= 15 is 0 Å². The molecule has 166 valence electrons. The summed E-state index contributed by atoms with van der Waals surface area (Å²) < 4.78 is 14.2. The number of para-hydroxylation sites is 1. The van der Waals surface area contributed by atoms with Crippen molar-refractivity contribution >= 4 is 50.1 Å². The third kappa shape index (κ3) is 2.89. The number of aryl methyl sites for hydroxylation is 2. The number of aromatic nitrogens is 1. The summed E-state index contributed by atoms with van der Waals surface area (Å²) in [5.41, 5.74) is 6.02. The van der Waals surface area contributed by atoms with Gasteiger partial charge in [-0.05, 0) is 56.7 Å². The number of halogens is 1. The lowest BCUT2D eigenvalue weighted by molar-refractivity contribution is 0.289. The van der Waals surface area contributed by atoms with Crippen LogP contribution in [0.2, 0.25) is 5.02 Å². The monoisotopic (exact) mass is 458 g/mol. The summed E-state index contributed by atoms with van der Waals surface area (Å²) in [5.74, 6) is 0.593. The molecule has 1 aliphatic heterocycles. The highest BCUT2D eigenvalue weighted by atomic mass is 35.5. The first kappa shape index (κ1) is 20.2. The molecular weight excluding hydrogens is 436 g/mol. The average molecular weight is 459 g/mol. The number of rotatable bonds is 2. The number of nitrogens with zero attached hydrogens (tertiary/aromatic N) is 2. The number of hydrogen-bond donors (Lipinski definition) is 0. The molecular formula is C27H23ClN2O3. The minimum absolute atomic E-state index is 0.324. The smallest absolute Gasteiger partial charge is 0.339 e. The Balaban J connectivity index is 1.51. The maximum Gasteiger partial charge on any atom is 0.339 e. The van der Waals surface area contributed by atoms with Crippen molar-refractivity contribution in [3.8, 4) is 5.75 Å². The van der Waals surface area contributed by atoms with E-state index in [-0.39, 0.29) is 5.63 Å². The zero-order valence-corrected chi connectivity index (χ0v) is 19.5. The Morgan fingerprint density at radius 1 is 0.970 bits per heavy atom. The van der Waals surface area contributed by atoms with Gasteiger partial charge in [-0.15, -0.1) is 0 Å². The second-order valence-corrected chi connectivity index (χ2v) is 9.02. The molecule has 0 N–H and O–H groups in total. The van der Waals surface area contributed by atoms with Crippen LogP contribution in [0.3, 0.4) is 0 Å². The van der Waals surface area contributed by atoms with Gasteiger partial charge in [-0.3, -0.25) is 0 Å². The van der Waals surface area contributed by atoms with Gasteiger partial charge in [-0.1, -0.05) is 29.8 Å². The quantitative estimate of drug-likeness (QED) is 0.281. The standard InChI is InChI=1S/C27H23ClN2O3/c1-4-30-23-8-6-5-7-18(23)20-11-17(9-10-24(20)30)29-13-21-25-19(12-22(28)26(21)32-14-29)15(2)16(3)27(31)33-25/h5-12H,4,13-14H2,1-3H3. The lowest BCUT2D eigenvalue weighted by Crippen LogP contribution is -2.32. The van der Waals surface area contributed by atoms with Crippen molar-refractivity contribution in [2.45, 2.75) is 33.9 Å². The Labute approximate surface area is 195 Å². The molecule has 0 radical (unpaired) electrons. The van der Waals surface area contributed by atoms with Gasteiger partial charge >= 0.3 is 5.63 Å². The van der Waals surface area contributed by atoms with Crippen LogP contribution in [0.15, 0.2) is 57.7 Å². The SMILES string of the molecule is CCn1c2ccccc2c2cc(N3COc4c(Cl)cc5c(C)c(C)c(=O)oc5c4C3)ccc21. The molecule has 5 nitrogen and oxygen atoms in total. The molecule has 3 heterocycles. The summed E-state index contributed by atoms with van der Waals surface area (Å²) in [7, 11) is 0. The van der Waals surface area contributed by atoms with Crippen LogP contribution in [0, 0.1) is 13.8 Å². The van der Waals surface area contributed by atoms with Gasteiger partial charge in [0.25, 0.3) is 0 Å².